The lowest BCUT2D eigenvalue weighted by Crippen LogP contribution is -2.17. The third kappa shape index (κ3) is 7.08. The molecule has 33 heavy (non-hydrogen) atoms. The molecule has 170 valence electrons. The van der Waals surface area contributed by atoms with Gasteiger partial charge < -0.3 is 14.8 Å². The summed E-state index contributed by atoms with van der Waals surface area (Å²) < 4.78 is 11.6. The highest BCUT2D eigenvalue weighted by Crippen LogP contribution is 2.29. The number of rotatable bonds is 9. The van der Waals surface area contributed by atoms with Crippen molar-refractivity contribution in [2.45, 2.75) is 20.5 Å². The number of anilines is 1. The van der Waals surface area contributed by atoms with E-state index in [9.17, 15) is 9.59 Å². The lowest BCUT2D eigenvalue weighted by molar-refractivity contribution is -0.114. The van der Waals surface area contributed by atoms with Crippen LogP contribution in [0.1, 0.15) is 35.3 Å². The Balaban J connectivity index is 1.63. The van der Waals surface area contributed by atoms with Crippen LogP contribution in [0.25, 0.3) is 0 Å². The maximum Gasteiger partial charge on any atom is 0.271 e. The molecule has 0 unspecified atom stereocenters. The van der Waals surface area contributed by atoms with Gasteiger partial charge in [-0.15, -0.1) is 0 Å². The van der Waals surface area contributed by atoms with Crippen LogP contribution in [0, 0.1) is 0 Å². The van der Waals surface area contributed by atoms with E-state index < -0.39 is 0 Å². The summed E-state index contributed by atoms with van der Waals surface area (Å²) in [4.78, 5) is 23.3. The molecule has 0 fully saturated rings. The Morgan fingerprint density at radius 1 is 1.00 bits per heavy atom. The first-order valence-electron chi connectivity index (χ1n) is 10.3. The Morgan fingerprint density at radius 3 is 2.45 bits per heavy atom. The van der Waals surface area contributed by atoms with Gasteiger partial charge in [0, 0.05) is 28.8 Å². The van der Waals surface area contributed by atoms with Crippen LogP contribution in [-0.2, 0) is 11.4 Å². The number of halogens is 1. The van der Waals surface area contributed by atoms with Crippen LogP contribution in [0.15, 0.2) is 71.8 Å². The zero-order valence-corrected chi connectivity index (χ0v) is 19.1. The third-order valence-electron chi connectivity index (χ3n) is 4.46. The Hall–Kier alpha value is -3.84. The Labute approximate surface area is 197 Å². The van der Waals surface area contributed by atoms with Gasteiger partial charge in [0.05, 0.1) is 12.8 Å². The molecule has 3 rings (SSSR count). The van der Waals surface area contributed by atoms with Crippen molar-refractivity contribution in [3.63, 3.8) is 0 Å². The first-order valence-corrected chi connectivity index (χ1v) is 10.7. The van der Waals surface area contributed by atoms with E-state index in [4.69, 9.17) is 21.1 Å². The molecule has 0 heterocycles. The second-order valence-electron chi connectivity index (χ2n) is 6.98. The molecule has 3 aromatic rings. The highest BCUT2D eigenvalue weighted by atomic mass is 35.5. The number of carbonyl (C=O) groups excluding carboxylic acids is 2. The van der Waals surface area contributed by atoms with E-state index in [2.05, 4.69) is 15.8 Å². The molecule has 3 aromatic carbocycles. The minimum absolute atomic E-state index is 0.177. The van der Waals surface area contributed by atoms with Crippen LogP contribution >= 0.6 is 11.6 Å². The van der Waals surface area contributed by atoms with Crippen LogP contribution in [-0.4, -0.2) is 24.6 Å². The first-order chi connectivity index (χ1) is 16.0. The number of hydrazone groups is 1. The van der Waals surface area contributed by atoms with Crippen LogP contribution in [0.5, 0.6) is 11.5 Å². The number of ether oxygens (including phenoxy) is 2. The summed E-state index contributed by atoms with van der Waals surface area (Å²) in [5, 5.41) is 7.30. The number of nitrogens with zero attached hydrogens (tertiary/aromatic N) is 1. The maximum atomic E-state index is 12.3. The molecule has 0 aliphatic carbocycles. The van der Waals surface area contributed by atoms with Crippen LogP contribution < -0.4 is 20.2 Å². The summed E-state index contributed by atoms with van der Waals surface area (Å²) in [6.07, 6.45) is 1.52. The molecule has 0 aliphatic heterocycles. The highest BCUT2D eigenvalue weighted by Gasteiger charge is 2.08. The predicted molar refractivity (Wildman–Crippen MR) is 129 cm³/mol. The molecule has 0 aliphatic rings. The Kier molecular flexibility index (Phi) is 8.43. The lowest BCUT2D eigenvalue weighted by Gasteiger charge is -2.13. The summed E-state index contributed by atoms with van der Waals surface area (Å²) >= 11 is 6.19. The summed E-state index contributed by atoms with van der Waals surface area (Å²) in [6.45, 7) is 4.08. The average Bonchev–Trinajstić information content (AvgIpc) is 2.80. The van der Waals surface area contributed by atoms with E-state index in [1.54, 1.807) is 36.4 Å². The SMILES string of the molecule is CCOc1cc(C=NNC(=O)c2ccc(NC(C)=O)cc2)ccc1OCc1ccccc1Cl. The second kappa shape index (κ2) is 11.7. The fourth-order valence-corrected chi connectivity index (χ4v) is 3.09. The van der Waals surface area contributed by atoms with Gasteiger partial charge in [-0.1, -0.05) is 29.8 Å². The van der Waals surface area contributed by atoms with E-state index in [1.807, 2.05) is 37.3 Å². The van der Waals surface area contributed by atoms with Gasteiger partial charge in [-0.2, -0.15) is 5.10 Å². The minimum atomic E-state index is -0.370. The normalized spacial score (nSPS) is 10.6. The molecule has 0 radical (unpaired) electrons. The van der Waals surface area contributed by atoms with Crippen molar-refractivity contribution in [2.24, 2.45) is 5.10 Å². The van der Waals surface area contributed by atoms with Crippen molar-refractivity contribution < 1.29 is 19.1 Å². The van der Waals surface area contributed by atoms with Gasteiger partial charge in [-0.05, 0) is 61.0 Å². The molecule has 2 N–H and O–H groups in total. The Morgan fingerprint density at radius 2 is 1.76 bits per heavy atom. The summed E-state index contributed by atoms with van der Waals surface area (Å²) in [7, 11) is 0. The molecule has 8 heteroatoms. The van der Waals surface area contributed by atoms with E-state index in [1.165, 1.54) is 13.1 Å². The molecule has 0 aromatic heterocycles. The number of nitrogens with one attached hydrogen (secondary N) is 2. The van der Waals surface area contributed by atoms with E-state index >= 15 is 0 Å². The quantitative estimate of drug-likeness (QED) is 0.342. The topological polar surface area (TPSA) is 89.0 Å². The van der Waals surface area contributed by atoms with Gasteiger partial charge in [-0.3, -0.25) is 9.59 Å². The molecule has 2 amide bonds. The van der Waals surface area contributed by atoms with E-state index in [0.29, 0.717) is 41.0 Å². The Bertz CT molecular complexity index is 1150. The number of hydrogen-bond donors (Lipinski definition) is 2. The predicted octanol–water partition coefficient (Wildman–Crippen LogP) is 5.04. The van der Waals surface area contributed by atoms with Crippen molar-refractivity contribution in [1.82, 2.24) is 5.43 Å². The standard InChI is InChI=1S/C25H24ClN3O4/c1-3-32-24-14-18(8-13-23(24)33-16-20-6-4-5-7-22(20)26)15-27-29-25(31)19-9-11-21(12-10-19)28-17(2)30/h4-15H,3,16H2,1-2H3,(H,28,30)(H,29,31). The van der Waals surface area contributed by atoms with Gasteiger partial charge in [0.25, 0.3) is 5.91 Å². The van der Waals surface area contributed by atoms with Crippen molar-refractivity contribution >= 4 is 35.3 Å². The molecule has 7 nitrogen and oxygen atoms in total. The first kappa shape index (κ1) is 23.8. The number of carbonyl (C=O) groups is 2. The molecule has 0 saturated carbocycles. The van der Waals surface area contributed by atoms with Crippen molar-refractivity contribution in [3.05, 3.63) is 88.4 Å². The highest BCUT2D eigenvalue weighted by molar-refractivity contribution is 6.31. The number of amides is 2. The van der Waals surface area contributed by atoms with Gasteiger partial charge in [0.2, 0.25) is 5.91 Å². The van der Waals surface area contributed by atoms with Crippen molar-refractivity contribution in [3.8, 4) is 11.5 Å². The molecule has 0 atom stereocenters. The molecule has 0 spiro atoms. The monoisotopic (exact) mass is 465 g/mol. The van der Waals surface area contributed by atoms with Crippen LogP contribution in [0.4, 0.5) is 5.69 Å². The average molecular weight is 466 g/mol. The van der Waals surface area contributed by atoms with E-state index in [-0.39, 0.29) is 11.8 Å². The summed E-state index contributed by atoms with van der Waals surface area (Å²) in [6, 6.07) is 19.4. The molecule has 0 bridgehead atoms. The molecular formula is C25H24ClN3O4. The summed E-state index contributed by atoms with van der Waals surface area (Å²) in [5.41, 5.74) is 5.11. The minimum Gasteiger partial charge on any atom is -0.490 e. The second-order valence-corrected chi connectivity index (χ2v) is 7.38. The van der Waals surface area contributed by atoms with Gasteiger partial charge in [0.1, 0.15) is 6.61 Å². The smallest absolute Gasteiger partial charge is 0.271 e. The van der Waals surface area contributed by atoms with Gasteiger partial charge in [-0.25, -0.2) is 5.43 Å². The van der Waals surface area contributed by atoms with Crippen LogP contribution in [0.2, 0.25) is 5.02 Å². The third-order valence-corrected chi connectivity index (χ3v) is 4.82. The maximum absolute atomic E-state index is 12.3. The zero-order chi connectivity index (χ0) is 23.6. The number of hydrogen-bond acceptors (Lipinski definition) is 5. The summed E-state index contributed by atoms with van der Waals surface area (Å²) in [5.74, 6) is 0.597. The number of benzene rings is 3. The van der Waals surface area contributed by atoms with E-state index in [0.717, 1.165) is 11.1 Å². The molecular weight excluding hydrogens is 442 g/mol. The van der Waals surface area contributed by atoms with Gasteiger partial charge in [0.15, 0.2) is 11.5 Å². The van der Waals surface area contributed by atoms with Crippen molar-refractivity contribution in [1.29, 1.82) is 0 Å². The zero-order valence-electron chi connectivity index (χ0n) is 18.3. The van der Waals surface area contributed by atoms with Gasteiger partial charge >= 0.3 is 0 Å². The van der Waals surface area contributed by atoms with Crippen molar-refractivity contribution in [2.75, 3.05) is 11.9 Å². The van der Waals surface area contributed by atoms with Crippen LogP contribution in [0.3, 0.4) is 0 Å². The molecule has 0 saturated heterocycles. The fourth-order valence-electron chi connectivity index (χ4n) is 2.90. The lowest BCUT2D eigenvalue weighted by atomic mass is 10.2. The fraction of sp³-hybridized carbons (Fsp3) is 0.160. The largest absolute Gasteiger partial charge is 0.490 e.